The van der Waals surface area contributed by atoms with E-state index in [1.54, 1.807) is 0 Å². The fourth-order valence-corrected chi connectivity index (χ4v) is 2.19. The van der Waals surface area contributed by atoms with Gasteiger partial charge in [0.2, 0.25) is 0 Å². The molecular weight excluding hydrogens is 168 g/mol. The molecule has 4 heteroatoms. The summed E-state index contributed by atoms with van der Waals surface area (Å²) in [4.78, 5) is 2.45. The Hall–Kier alpha value is -0.160. The molecule has 0 aliphatic carbocycles. The van der Waals surface area contributed by atoms with E-state index < -0.39 is 0 Å². The maximum Gasteiger partial charge on any atom is 0.0853 e. The minimum atomic E-state index is 0.248. The molecule has 0 aromatic carbocycles. The average Bonchev–Trinajstić information content (AvgIpc) is 2.67. The van der Waals surface area contributed by atoms with E-state index in [9.17, 15) is 0 Å². The van der Waals surface area contributed by atoms with Crippen molar-refractivity contribution in [2.24, 2.45) is 5.73 Å². The summed E-state index contributed by atoms with van der Waals surface area (Å²) < 4.78 is 10.9. The van der Waals surface area contributed by atoms with Gasteiger partial charge in [-0.2, -0.15) is 0 Å². The Bertz CT molecular complexity index is 160. The molecule has 76 valence electrons. The maximum atomic E-state index is 5.65. The van der Waals surface area contributed by atoms with Gasteiger partial charge in [-0.15, -0.1) is 0 Å². The summed E-state index contributed by atoms with van der Waals surface area (Å²) in [5.41, 5.74) is 5.65. The van der Waals surface area contributed by atoms with Crippen molar-refractivity contribution >= 4 is 0 Å². The normalized spacial score (nSPS) is 36.7. The lowest BCUT2D eigenvalue weighted by atomic mass is 10.1. The van der Waals surface area contributed by atoms with Gasteiger partial charge in [0.1, 0.15) is 0 Å². The van der Waals surface area contributed by atoms with Crippen molar-refractivity contribution in [3.63, 3.8) is 0 Å². The number of hydrogen-bond donors (Lipinski definition) is 1. The summed E-state index contributed by atoms with van der Waals surface area (Å²) >= 11 is 0. The molecule has 2 N–H and O–H groups in total. The van der Waals surface area contributed by atoms with Gasteiger partial charge in [-0.05, 0) is 6.42 Å². The Labute approximate surface area is 79.0 Å². The third kappa shape index (κ3) is 2.02. The Morgan fingerprint density at radius 1 is 1.23 bits per heavy atom. The highest BCUT2D eigenvalue weighted by Crippen LogP contribution is 2.19. The van der Waals surface area contributed by atoms with Crippen LogP contribution in [0.4, 0.5) is 0 Å². The van der Waals surface area contributed by atoms with Crippen LogP contribution in [0.3, 0.4) is 0 Å². The second-order valence-corrected chi connectivity index (χ2v) is 3.65. The minimum Gasteiger partial charge on any atom is -0.379 e. The van der Waals surface area contributed by atoms with Gasteiger partial charge < -0.3 is 15.2 Å². The number of ether oxygens (including phenoxy) is 2. The lowest BCUT2D eigenvalue weighted by Gasteiger charge is -2.34. The van der Waals surface area contributed by atoms with Crippen molar-refractivity contribution in [3.8, 4) is 0 Å². The third-order valence-corrected chi connectivity index (χ3v) is 2.92. The van der Waals surface area contributed by atoms with E-state index in [0.29, 0.717) is 12.6 Å². The van der Waals surface area contributed by atoms with Crippen LogP contribution >= 0.6 is 0 Å². The van der Waals surface area contributed by atoms with Gasteiger partial charge in [0.25, 0.3) is 0 Å². The molecule has 0 amide bonds. The topological polar surface area (TPSA) is 47.7 Å². The van der Waals surface area contributed by atoms with Gasteiger partial charge in [-0.3, -0.25) is 4.90 Å². The molecular formula is C9H18N2O2. The minimum absolute atomic E-state index is 0.248. The highest BCUT2D eigenvalue weighted by atomic mass is 16.5. The third-order valence-electron chi connectivity index (χ3n) is 2.92. The molecule has 0 saturated carbocycles. The Kier molecular flexibility index (Phi) is 3.16. The highest BCUT2D eigenvalue weighted by Gasteiger charge is 2.32. The van der Waals surface area contributed by atoms with E-state index in [-0.39, 0.29) is 6.10 Å². The number of nitrogens with zero attached hydrogens (tertiary/aromatic N) is 1. The monoisotopic (exact) mass is 186 g/mol. The number of nitrogens with two attached hydrogens (primary N) is 1. The van der Waals surface area contributed by atoms with Gasteiger partial charge in [-0.1, -0.05) is 0 Å². The SMILES string of the molecule is NC[C@@H]1OCC[C@@H]1N1CCOCC1. The molecule has 2 atom stereocenters. The lowest BCUT2D eigenvalue weighted by molar-refractivity contribution is -0.00436. The predicted molar refractivity (Wildman–Crippen MR) is 49.6 cm³/mol. The van der Waals surface area contributed by atoms with Crippen LogP contribution in [0.25, 0.3) is 0 Å². The number of hydrogen-bond acceptors (Lipinski definition) is 4. The molecule has 2 heterocycles. The van der Waals surface area contributed by atoms with Crippen molar-refractivity contribution in [2.75, 3.05) is 39.5 Å². The molecule has 0 aromatic rings. The van der Waals surface area contributed by atoms with E-state index >= 15 is 0 Å². The maximum absolute atomic E-state index is 5.65. The average molecular weight is 186 g/mol. The van der Waals surface area contributed by atoms with E-state index in [1.165, 1.54) is 0 Å². The first-order chi connectivity index (χ1) is 6.42. The van der Waals surface area contributed by atoms with Crippen LogP contribution in [-0.2, 0) is 9.47 Å². The van der Waals surface area contributed by atoms with E-state index in [0.717, 1.165) is 39.3 Å². The summed E-state index contributed by atoms with van der Waals surface area (Å²) in [5.74, 6) is 0. The predicted octanol–water partition coefficient (Wildman–Crippen LogP) is -0.565. The van der Waals surface area contributed by atoms with Crippen LogP contribution in [0.1, 0.15) is 6.42 Å². The number of rotatable bonds is 2. The van der Waals surface area contributed by atoms with Crippen LogP contribution in [-0.4, -0.2) is 56.5 Å². The highest BCUT2D eigenvalue weighted by molar-refractivity contribution is 4.86. The first kappa shape index (κ1) is 9.40. The zero-order chi connectivity index (χ0) is 9.10. The quantitative estimate of drug-likeness (QED) is 0.627. The van der Waals surface area contributed by atoms with Crippen LogP contribution in [0.15, 0.2) is 0 Å². The molecule has 0 unspecified atom stereocenters. The molecule has 0 bridgehead atoms. The second-order valence-electron chi connectivity index (χ2n) is 3.65. The van der Waals surface area contributed by atoms with Crippen LogP contribution < -0.4 is 5.73 Å². The Morgan fingerprint density at radius 3 is 2.69 bits per heavy atom. The van der Waals surface area contributed by atoms with Gasteiger partial charge >= 0.3 is 0 Å². The summed E-state index contributed by atoms with van der Waals surface area (Å²) in [6.45, 7) is 5.28. The van der Waals surface area contributed by atoms with Crippen molar-refractivity contribution in [3.05, 3.63) is 0 Å². The summed E-state index contributed by atoms with van der Waals surface area (Å²) in [5, 5.41) is 0. The first-order valence-electron chi connectivity index (χ1n) is 5.05. The zero-order valence-corrected chi connectivity index (χ0v) is 7.95. The lowest BCUT2D eigenvalue weighted by Crippen LogP contribution is -2.48. The molecule has 2 aliphatic heterocycles. The van der Waals surface area contributed by atoms with Gasteiger partial charge in [0.05, 0.1) is 19.3 Å². The largest absolute Gasteiger partial charge is 0.379 e. The fourth-order valence-electron chi connectivity index (χ4n) is 2.19. The Morgan fingerprint density at radius 2 is 2.00 bits per heavy atom. The smallest absolute Gasteiger partial charge is 0.0853 e. The molecule has 0 radical (unpaired) electrons. The van der Waals surface area contributed by atoms with Crippen molar-refractivity contribution in [2.45, 2.75) is 18.6 Å². The van der Waals surface area contributed by atoms with Crippen molar-refractivity contribution in [1.29, 1.82) is 0 Å². The van der Waals surface area contributed by atoms with Crippen molar-refractivity contribution in [1.82, 2.24) is 4.90 Å². The van der Waals surface area contributed by atoms with Gasteiger partial charge in [0, 0.05) is 32.3 Å². The van der Waals surface area contributed by atoms with E-state index in [2.05, 4.69) is 4.90 Å². The first-order valence-corrected chi connectivity index (χ1v) is 5.05. The molecule has 13 heavy (non-hydrogen) atoms. The van der Waals surface area contributed by atoms with Crippen LogP contribution in [0.2, 0.25) is 0 Å². The van der Waals surface area contributed by atoms with E-state index in [4.69, 9.17) is 15.2 Å². The molecule has 0 spiro atoms. The van der Waals surface area contributed by atoms with E-state index in [1.807, 2.05) is 0 Å². The summed E-state index contributed by atoms with van der Waals surface area (Å²) in [6, 6.07) is 0.536. The second kappa shape index (κ2) is 4.37. The molecule has 2 saturated heterocycles. The number of morpholine rings is 1. The fraction of sp³-hybridized carbons (Fsp3) is 1.00. The molecule has 0 aromatic heterocycles. The summed E-state index contributed by atoms with van der Waals surface area (Å²) in [6.07, 6.45) is 1.38. The molecule has 2 aliphatic rings. The van der Waals surface area contributed by atoms with Crippen molar-refractivity contribution < 1.29 is 9.47 Å². The van der Waals surface area contributed by atoms with Gasteiger partial charge in [0.15, 0.2) is 0 Å². The Balaban J connectivity index is 1.90. The summed E-state index contributed by atoms with van der Waals surface area (Å²) in [7, 11) is 0. The molecule has 2 fully saturated rings. The van der Waals surface area contributed by atoms with Gasteiger partial charge in [-0.25, -0.2) is 0 Å². The van der Waals surface area contributed by atoms with Crippen LogP contribution in [0, 0.1) is 0 Å². The van der Waals surface area contributed by atoms with Crippen LogP contribution in [0.5, 0.6) is 0 Å². The molecule has 2 rings (SSSR count). The molecule has 4 nitrogen and oxygen atoms in total. The standard InChI is InChI=1S/C9H18N2O2/c10-7-9-8(1-4-13-9)11-2-5-12-6-3-11/h8-9H,1-7,10H2/t8-,9-/m0/s1. The zero-order valence-electron chi connectivity index (χ0n) is 7.95.